The summed E-state index contributed by atoms with van der Waals surface area (Å²) < 4.78 is 0. The summed E-state index contributed by atoms with van der Waals surface area (Å²) >= 11 is 0. The lowest BCUT2D eigenvalue weighted by atomic mass is 10.2. The van der Waals surface area contributed by atoms with Crippen molar-refractivity contribution in [1.29, 1.82) is 0 Å². The van der Waals surface area contributed by atoms with E-state index in [-0.39, 0.29) is 18.0 Å². The molecule has 1 heterocycles. The minimum absolute atomic E-state index is 0.00535. The van der Waals surface area contributed by atoms with Crippen molar-refractivity contribution in [3.8, 4) is 0 Å². The summed E-state index contributed by atoms with van der Waals surface area (Å²) in [6.45, 7) is 8.14. The monoisotopic (exact) mass is 236 g/mol. The number of hydrogen-bond acceptors (Lipinski definition) is 4. The lowest BCUT2D eigenvalue weighted by Crippen LogP contribution is -2.44. The highest BCUT2D eigenvalue weighted by atomic mass is 16.2. The molecule has 0 saturated carbocycles. The van der Waals surface area contributed by atoms with E-state index in [1.54, 1.807) is 6.20 Å². The van der Waals surface area contributed by atoms with E-state index in [1.807, 2.05) is 33.8 Å². The van der Waals surface area contributed by atoms with Crippen LogP contribution in [0.25, 0.3) is 0 Å². The van der Waals surface area contributed by atoms with Crippen LogP contribution in [0.4, 0.5) is 0 Å². The predicted octanol–water partition coefficient (Wildman–Crippen LogP) is 0.788. The van der Waals surface area contributed by atoms with E-state index >= 15 is 0 Å². The Morgan fingerprint density at radius 2 is 2.12 bits per heavy atom. The van der Waals surface area contributed by atoms with Crippen molar-refractivity contribution in [2.75, 3.05) is 0 Å². The summed E-state index contributed by atoms with van der Waals surface area (Å²) in [5.74, 6) is 0.745. The third kappa shape index (κ3) is 4.91. The van der Waals surface area contributed by atoms with Gasteiger partial charge in [-0.25, -0.2) is 9.97 Å². The molecule has 1 atom stereocenters. The van der Waals surface area contributed by atoms with Gasteiger partial charge < -0.3 is 10.6 Å². The highest BCUT2D eigenvalue weighted by molar-refractivity contribution is 5.81. The van der Waals surface area contributed by atoms with Crippen LogP contribution < -0.4 is 10.6 Å². The van der Waals surface area contributed by atoms with Gasteiger partial charge in [-0.15, -0.1) is 0 Å². The third-order valence-electron chi connectivity index (χ3n) is 2.25. The van der Waals surface area contributed by atoms with E-state index < -0.39 is 0 Å². The molecule has 1 aromatic rings. The maximum Gasteiger partial charge on any atom is 0.237 e. The van der Waals surface area contributed by atoms with Gasteiger partial charge in [0.2, 0.25) is 5.91 Å². The molecule has 5 heteroatoms. The van der Waals surface area contributed by atoms with Crippen molar-refractivity contribution in [3.05, 3.63) is 23.8 Å². The van der Waals surface area contributed by atoms with Crippen LogP contribution in [0.5, 0.6) is 0 Å². The third-order valence-corrected chi connectivity index (χ3v) is 2.25. The van der Waals surface area contributed by atoms with Crippen LogP contribution in [0, 0.1) is 6.92 Å². The summed E-state index contributed by atoms with van der Waals surface area (Å²) in [6, 6.07) is 1.77. The van der Waals surface area contributed by atoms with E-state index in [4.69, 9.17) is 0 Å². The zero-order chi connectivity index (χ0) is 12.8. The Balaban J connectivity index is 2.42. The van der Waals surface area contributed by atoms with Gasteiger partial charge in [0.25, 0.3) is 0 Å². The van der Waals surface area contributed by atoms with Crippen LogP contribution in [0.3, 0.4) is 0 Å². The Morgan fingerprint density at radius 1 is 1.41 bits per heavy atom. The first-order valence-electron chi connectivity index (χ1n) is 5.81. The normalized spacial score (nSPS) is 12.5. The van der Waals surface area contributed by atoms with Gasteiger partial charge in [-0.05, 0) is 33.8 Å². The van der Waals surface area contributed by atoms with E-state index in [0.717, 1.165) is 11.5 Å². The molecule has 0 aromatic carbocycles. The fourth-order valence-electron chi connectivity index (χ4n) is 1.36. The molecule has 0 aliphatic heterocycles. The molecule has 2 N–H and O–H groups in total. The van der Waals surface area contributed by atoms with Crippen molar-refractivity contribution < 1.29 is 4.79 Å². The van der Waals surface area contributed by atoms with Gasteiger partial charge in [-0.2, -0.15) is 0 Å². The van der Waals surface area contributed by atoms with Gasteiger partial charge in [0.1, 0.15) is 5.82 Å². The molecular formula is C12H20N4O. The first-order chi connectivity index (χ1) is 7.99. The lowest BCUT2D eigenvalue weighted by Gasteiger charge is -2.15. The molecule has 1 aromatic heterocycles. The van der Waals surface area contributed by atoms with Crippen molar-refractivity contribution in [1.82, 2.24) is 20.6 Å². The number of rotatable bonds is 5. The minimum atomic E-state index is -0.229. The Hall–Kier alpha value is -1.49. The van der Waals surface area contributed by atoms with Crippen LogP contribution in [0.15, 0.2) is 12.3 Å². The summed E-state index contributed by atoms with van der Waals surface area (Å²) in [5, 5.41) is 5.98. The minimum Gasteiger partial charge on any atom is -0.353 e. The quantitative estimate of drug-likeness (QED) is 0.793. The SMILES string of the molecule is Cc1nccc(CNC(C)C(=O)NC(C)C)n1. The molecule has 0 fully saturated rings. The summed E-state index contributed by atoms with van der Waals surface area (Å²) in [6.07, 6.45) is 1.72. The second kappa shape index (κ2) is 6.30. The average molecular weight is 236 g/mol. The summed E-state index contributed by atoms with van der Waals surface area (Å²) in [7, 11) is 0. The van der Waals surface area contributed by atoms with E-state index in [1.165, 1.54) is 0 Å². The number of aromatic nitrogens is 2. The van der Waals surface area contributed by atoms with Crippen LogP contribution in [-0.4, -0.2) is 28.0 Å². The second-order valence-electron chi connectivity index (χ2n) is 4.36. The van der Waals surface area contributed by atoms with Crippen LogP contribution >= 0.6 is 0 Å². The summed E-state index contributed by atoms with van der Waals surface area (Å²) in [5.41, 5.74) is 0.890. The highest BCUT2D eigenvalue weighted by Crippen LogP contribution is 1.95. The molecule has 17 heavy (non-hydrogen) atoms. The number of aryl methyl sites for hydroxylation is 1. The lowest BCUT2D eigenvalue weighted by molar-refractivity contribution is -0.123. The van der Waals surface area contributed by atoms with Gasteiger partial charge in [0.15, 0.2) is 0 Å². The van der Waals surface area contributed by atoms with E-state index in [0.29, 0.717) is 6.54 Å². The highest BCUT2D eigenvalue weighted by Gasteiger charge is 2.12. The van der Waals surface area contributed by atoms with Gasteiger partial charge in [0, 0.05) is 18.8 Å². The first kappa shape index (κ1) is 13.6. The molecule has 5 nitrogen and oxygen atoms in total. The molecule has 0 bridgehead atoms. The Bertz CT molecular complexity index is 379. The molecule has 0 radical (unpaired) electrons. The van der Waals surface area contributed by atoms with Gasteiger partial charge >= 0.3 is 0 Å². The number of amides is 1. The first-order valence-corrected chi connectivity index (χ1v) is 5.81. The van der Waals surface area contributed by atoms with Crippen molar-refractivity contribution in [3.63, 3.8) is 0 Å². The Labute approximate surface area is 102 Å². The second-order valence-corrected chi connectivity index (χ2v) is 4.36. The zero-order valence-electron chi connectivity index (χ0n) is 10.8. The number of nitrogens with one attached hydrogen (secondary N) is 2. The zero-order valence-corrected chi connectivity index (χ0v) is 10.8. The van der Waals surface area contributed by atoms with Crippen LogP contribution in [0.2, 0.25) is 0 Å². The maximum atomic E-state index is 11.6. The van der Waals surface area contributed by atoms with Crippen molar-refractivity contribution >= 4 is 5.91 Å². The molecule has 0 saturated heterocycles. The van der Waals surface area contributed by atoms with Crippen LogP contribution in [0.1, 0.15) is 32.3 Å². The molecule has 0 aliphatic rings. The molecule has 0 aliphatic carbocycles. The van der Waals surface area contributed by atoms with Gasteiger partial charge in [-0.3, -0.25) is 4.79 Å². The van der Waals surface area contributed by atoms with E-state index in [2.05, 4.69) is 20.6 Å². The number of hydrogen-bond donors (Lipinski definition) is 2. The van der Waals surface area contributed by atoms with Gasteiger partial charge in [0.05, 0.1) is 11.7 Å². The smallest absolute Gasteiger partial charge is 0.237 e. The van der Waals surface area contributed by atoms with Crippen molar-refractivity contribution in [2.45, 2.75) is 46.3 Å². The largest absolute Gasteiger partial charge is 0.353 e. The standard InChI is InChI=1S/C12H20N4O/c1-8(2)15-12(17)9(3)14-7-11-5-6-13-10(4)16-11/h5-6,8-9,14H,7H2,1-4H3,(H,15,17). The van der Waals surface area contributed by atoms with Gasteiger partial charge in [-0.1, -0.05) is 0 Å². The summed E-state index contributed by atoms with van der Waals surface area (Å²) in [4.78, 5) is 19.9. The Kier molecular flexibility index (Phi) is 5.03. The molecule has 1 unspecified atom stereocenters. The predicted molar refractivity (Wildman–Crippen MR) is 66.3 cm³/mol. The fourth-order valence-corrected chi connectivity index (χ4v) is 1.36. The molecule has 94 valence electrons. The maximum absolute atomic E-state index is 11.6. The van der Waals surface area contributed by atoms with Crippen LogP contribution in [-0.2, 0) is 11.3 Å². The topological polar surface area (TPSA) is 66.9 Å². The number of carbonyl (C=O) groups excluding carboxylic acids is 1. The average Bonchev–Trinajstić information content (AvgIpc) is 2.25. The Morgan fingerprint density at radius 3 is 2.71 bits per heavy atom. The molecular weight excluding hydrogens is 216 g/mol. The molecule has 1 amide bonds. The molecule has 0 spiro atoms. The number of nitrogens with zero attached hydrogens (tertiary/aromatic N) is 2. The van der Waals surface area contributed by atoms with E-state index in [9.17, 15) is 4.79 Å². The molecule has 1 rings (SSSR count). The fraction of sp³-hybridized carbons (Fsp3) is 0.583. The van der Waals surface area contributed by atoms with Crippen molar-refractivity contribution in [2.24, 2.45) is 0 Å². The number of carbonyl (C=O) groups is 1.